The minimum atomic E-state index is -0.262. The fourth-order valence-electron chi connectivity index (χ4n) is 1.02. The van der Waals surface area contributed by atoms with Crippen LogP contribution in [-0.2, 0) is 0 Å². The first kappa shape index (κ1) is 11.3. The molecule has 1 nitrogen and oxygen atoms in total. The van der Waals surface area contributed by atoms with Gasteiger partial charge in [0.25, 0.3) is 0 Å². The zero-order valence-corrected chi connectivity index (χ0v) is 9.40. The SMILES string of the molecule is CC(C)C(C)Nc1cc(Cl)ccc1F. The van der Waals surface area contributed by atoms with Crippen molar-refractivity contribution < 1.29 is 4.39 Å². The molecule has 1 aromatic carbocycles. The minimum absolute atomic E-state index is 0.225. The van der Waals surface area contributed by atoms with Gasteiger partial charge in [0.2, 0.25) is 0 Å². The maximum absolute atomic E-state index is 13.3. The normalized spacial score (nSPS) is 13.0. The van der Waals surface area contributed by atoms with E-state index < -0.39 is 0 Å². The molecule has 0 saturated carbocycles. The number of nitrogens with one attached hydrogen (secondary N) is 1. The van der Waals surface area contributed by atoms with E-state index in [1.54, 1.807) is 12.1 Å². The molecule has 3 heteroatoms. The van der Waals surface area contributed by atoms with Crippen molar-refractivity contribution >= 4 is 17.3 Å². The molecule has 0 aliphatic rings. The molecule has 0 amide bonds. The van der Waals surface area contributed by atoms with E-state index in [9.17, 15) is 4.39 Å². The van der Waals surface area contributed by atoms with Crippen LogP contribution < -0.4 is 5.32 Å². The lowest BCUT2D eigenvalue weighted by molar-refractivity contribution is 0.552. The van der Waals surface area contributed by atoms with E-state index in [1.807, 2.05) is 6.92 Å². The molecule has 78 valence electrons. The molecule has 1 atom stereocenters. The third-order valence-electron chi connectivity index (χ3n) is 2.31. The topological polar surface area (TPSA) is 12.0 Å². The summed E-state index contributed by atoms with van der Waals surface area (Å²) in [4.78, 5) is 0. The van der Waals surface area contributed by atoms with Crippen molar-refractivity contribution in [2.24, 2.45) is 5.92 Å². The second-order valence-corrected chi connectivity index (χ2v) is 4.24. The lowest BCUT2D eigenvalue weighted by atomic mass is 10.1. The van der Waals surface area contributed by atoms with Crippen LogP contribution in [0.15, 0.2) is 18.2 Å². The molecule has 14 heavy (non-hydrogen) atoms. The fourth-order valence-corrected chi connectivity index (χ4v) is 1.19. The summed E-state index contributed by atoms with van der Waals surface area (Å²) in [6, 6.07) is 4.75. The van der Waals surface area contributed by atoms with Gasteiger partial charge in [-0.25, -0.2) is 4.39 Å². The summed E-state index contributed by atoms with van der Waals surface area (Å²) in [7, 11) is 0. The molecular formula is C11H15ClFN. The van der Waals surface area contributed by atoms with E-state index in [0.717, 1.165) is 0 Å². The first-order valence-electron chi connectivity index (χ1n) is 4.72. The van der Waals surface area contributed by atoms with Crippen LogP contribution in [0.25, 0.3) is 0 Å². The minimum Gasteiger partial charge on any atom is -0.380 e. The van der Waals surface area contributed by atoms with Gasteiger partial charge in [-0.15, -0.1) is 0 Å². The Balaban J connectivity index is 2.80. The van der Waals surface area contributed by atoms with Gasteiger partial charge in [0.05, 0.1) is 5.69 Å². The molecule has 0 saturated heterocycles. The number of rotatable bonds is 3. The van der Waals surface area contributed by atoms with E-state index in [0.29, 0.717) is 16.6 Å². The monoisotopic (exact) mass is 215 g/mol. The van der Waals surface area contributed by atoms with E-state index >= 15 is 0 Å². The summed E-state index contributed by atoms with van der Waals surface area (Å²) >= 11 is 5.77. The van der Waals surface area contributed by atoms with Crippen LogP contribution in [0.2, 0.25) is 5.02 Å². The van der Waals surface area contributed by atoms with Gasteiger partial charge >= 0.3 is 0 Å². The number of anilines is 1. The van der Waals surface area contributed by atoms with Crippen LogP contribution in [0.1, 0.15) is 20.8 Å². The molecule has 1 aromatic rings. The Morgan fingerprint density at radius 3 is 2.50 bits per heavy atom. The quantitative estimate of drug-likeness (QED) is 0.806. The molecule has 0 aliphatic heterocycles. The van der Waals surface area contributed by atoms with E-state index in [-0.39, 0.29) is 11.9 Å². The van der Waals surface area contributed by atoms with Crippen molar-refractivity contribution in [3.8, 4) is 0 Å². The summed E-state index contributed by atoms with van der Waals surface area (Å²) in [5, 5.41) is 3.64. The highest BCUT2D eigenvalue weighted by molar-refractivity contribution is 6.30. The molecule has 0 fully saturated rings. The summed E-state index contributed by atoms with van der Waals surface area (Å²) in [5.41, 5.74) is 0.471. The fraction of sp³-hybridized carbons (Fsp3) is 0.455. The van der Waals surface area contributed by atoms with Crippen LogP contribution in [0.5, 0.6) is 0 Å². The third-order valence-corrected chi connectivity index (χ3v) is 2.55. The van der Waals surface area contributed by atoms with Crippen LogP contribution in [0.4, 0.5) is 10.1 Å². The van der Waals surface area contributed by atoms with Gasteiger partial charge < -0.3 is 5.32 Å². The summed E-state index contributed by atoms with van der Waals surface area (Å²) in [5.74, 6) is 0.190. The number of hydrogen-bond acceptors (Lipinski definition) is 1. The smallest absolute Gasteiger partial charge is 0.146 e. The second-order valence-electron chi connectivity index (χ2n) is 3.80. The first-order chi connectivity index (χ1) is 6.50. The average molecular weight is 216 g/mol. The Hall–Kier alpha value is -0.760. The zero-order valence-electron chi connectivity index (χ0n) is 8.64. The third kappa shape index (κ3) is 2.88. The van der Waals surface area contributed by atoms with Crippen molar-refractivity contribution in [2.75, 3.05) is 5.32 Å². The molecule has 0 radical (unpaired) electrons. The molecule has 0 aromatic heterocycles. The highest BCUT2D eigenvalue weighted by Gasteiger charge is 2.09. The van der Waals surface area contributed by atoms with Gasteiger partial charge in [0.1, 0.15) is 5.82 Å². The predicted molar refractivity (Wildman–Crippen MR) is 59.3 cm³/mol. The molecule has 1 rings (SSSR count). The maximum atomic E-state index is 13.3. The Kier molecular flexibility index (Phi) is 3.76. The van der Waals surface area contributed by atoms with Gasteiger partial charge in [0, 0.05) is 11.1 Å². The van der Waals surface area contributed by atoms with E-state index in [2.05, 4.69) is 19.2 Å². The van der Waals surface area contributed by atoms with Crippen molar-refractivity contribution in [1.29, 1.82) is 0 Å². The van der Waals surface area contributed by atoms with Crippen LogP contribution in [-0.4, -0.2) is 6.04 Å². The second kappa shape index (κ2) is 4.65. The molecular weight excluding hydrogens is 201 g/mol. The Labute approximate surface area is 89.3 Å². The number of halogens is 2. The van der Waals surface area contributed by atoms with Crippen molar-refractivity contribution in [1.82, 2.24) is 0 Å². The number of hydrogen-bond donors (Lipinski definition) is 1. The molecule has 1 unspecified atom stereocenters. The Morgan fingerprint density at radius 1 is 1.29 bits per heavy atom. The summed E-state index contributed by atoms with van der Waals surface area (Å²) in [6.07, 6.45) is 0. The molecule has 0 aliphatic carbocycles. The highest BCUT2D eigenvalue weighted by Crippen LogP contribution is 2.21. The van der Waals surface area contributed by atoms with Crippen LogP contribution >= 0.6 is 11.6 Å². The lowest BCUT2D eigenvalue weighted by Crippen LogP contribution is -2.22. The van der Waals surface area contributed by atoms with Crippen LogP contribution in [0, 0.1) is 11.7 Å². The summed E-state index contributed by atoms with van der Waals surface area (Å²) in [6.45, 7) is 6.19. The molecule has 0 spiro atoms. The van der Waals surface area contributed by atoms with Gasteiger partial charge in [-0.05, 0) is 31.0 Å². The van der Waals surface area contributed by atoms with E-state index in [4.69, 9.17) is 11.6 Å². The van der Waals surface area contributed by atoms with E-state index in [1.165, 1.54) is 6.07 Å². The summed E-state index contributed by atoms with van der Waals surface area (Å²) < 4.78 is 13.3. The molecule has 0 bridgehead atoms. The van der Waals surface area contributed by atoms with Gasteiger partial charge in [-0.2, -0.15) is 0 Å². The van der Waals surface area contributed by atoms with Gasteiger partial charge in [-0.1, -0.05) is 25.4 Å². The first-order valence-corrected chi connectivity index (χ1v) is 5.10. The van der Waals surface area contributed by atoms with Crippen LogP contribution in [0.3, 0.4) is 0 Å². The van der Waals surface area contributed by atoms with Gasteiger partial charge in [0.15, 0.2) is 0 Å². The Morgan fingerprint density at radius 2 is 1.93 bits per heavy atom. The number of benzene rings is 1. The Bertz CT molecular complexity index is 312. The highest BCUT2D eigenvalue weighted by atomic mass is 35.5. The maximum Gasteiger partial charge on any atom is 0.146 e. The standard InChI is InChI=1S/C11H15ClFN/c1-7(2)8(3)14-11-6-9(12)4-5-10(11)13/h4-8,14H,1-3H3. The molecule has 0 heterocycles. The lowest BCUT2D eigenvalue weighted by Gasteiger charge is -2.19. The van der Waals surface area contributed by atoms with Crippen molar-refractivity contribution in [3.63, 3.8) is 0 Å². The largest absolute Gasteiger partial charge is 0.380 e. The average Bonchev–Trinajstić information content (AvgIpc) is 2.11. The zero-order chi connectivity index (χ0) is 10.7. The van der Waals surface area contributed by atoms with Gasteiger partial charge in [-0.3, -0.25) is 0 Å². The predicted octanol–water partition coefficient (Wildman–Crippen LogP) is 3.94. The molecule has 1 N–H and O–H groups in total. The van der Waals surface area contributed by atoms with Crippen molar-refractivity contribution in [3.05, 3.63) is 29.0 Å². The van der Waals surface area contributed by atoms with Crippen molar-refractivity contribution in [2.45, 2.75) is 26.8 Å².